The van der Waals surface area contributed by atoms with E-state index in [1.807, 2.05) is 174 Å². The molecule has 0 saturated carbocycles. The van der Waals surface area contributed by atoms with Gasteiger partial charge in [0.2, 0.25) is 0 Å². The molecule has 5 heteroatoms. The molecular weight excluding hydrogens is 649 g/mol. The molecule has 191 valence electrons. The Kier molecular flexibility index (Phi) is 171. The maximum atomic E-state index is 2.89. The van der Waals surface area contributed by atoms with Crippen molar-refractivity contribution in [3.05, 3.63) is 109 Å². The van der Waals surface area contributed by atoms with Crippen LogP contribution in [-0.4, -0.2) is 14.6 Å². The van der Waals surface area contributed by atoms with Crippen LogP contribution < -0.4 is 0 Å². The number of rotatable bonds is 0. The fraction of sp³-hybridized carbons (Fsp3) is 0.400. The molecule has 0 amide bonds. The van der Waals surface area contributed by atoms with E-state index in [1.165, 1.54) is 0 Å². The van der Waals surface area contributed by atoms with Gasteiger partial charge in [0, 0.05) is 98.1 Å². The molecule has 0 atom stereocenters. The third kappa shape index (κ3) is 105. The minimum Gasteiger partial charge on any atom is -0.184 e. The van der Waals surface area contributed by atoms with Crippen molar-refractivity contribution in [1.29, 1.82) is 0 Å². The van der Waals surface area contributed by atoms with Crippen molar-refractivity contribution in [1.82, 2.24) is 0 Å². The van der Waals surface area contributed by atoms with Gasteiger partial charge in [0.1, 0.15) is 14.6 Å². The molecule has 3 rings (SSSR count). The Labute approximate surface area is 301 Å². The summed E-state index contributed by atoms with van der Waals surface area (Å²) in [5.41, 5.74) is 0. The molecule has 0 N–H and O–H groups in total. The van der Waals surface area contributed by atoms with E-state index >= 15 is 0 Å². The second kappa shape index (κ2) is 91.7. The summed E-state index contributed by atoms with van der Waals surface area (Å²) >= 11 is 0. The molecule has 0 unspecified atom stereocenters. The summed E-state index contributed by atoms with van der Waals surface area (Å²) in [6.07, 6.45) is 0. The summed E-state index contributed by atoms with van der Waals surface area (Å²) in [4.78, 5) is 0. The topological polar surface area (TPSA) is 0 Å². The summed E-state index contributed by atoms with van der Waals surface area (Å²) in [6.45, 7) is 20.0. The van der Waals surface area contributed by atoms with Crippen LogP contribution in [0.3, 0.4) is 0 Å². The van der Waals surface area contributed by atoms with Crippen LogP contribution in [0.25, 0.3) is 0 Å². The smallest absolute Gasteiger partial charge is 0.102 e. The van der Waals surface area contributed by atoms with E-state index in [-0.39, 0.29) is 113 Å². The summed E-state index contributed by atoms with van der Waals surface area (Å²) in [6, 6.07) is 37.5. The van der Waals surface area contributed by atoms with Crippen molar-refractivity contribution < 1.29 is 98.1 Å². The average Bonchev–Trinajstić information content (AvgIpc) is 2.88. The molecule has 0 spiro atoms. The van der Waals surface area contributed by atoms with E-state index in [9.17, 15) is 0 Å². The van der Waals surface area contributed by atoms with Gasteiger partial charge in [-0.05, 0) is 0 Å². The zero-order valence-electron chi connectivity index (χ0n) is 23.0. The molecule has 35 heavy (non-hydrogen) atoms. The van der Waals surface area contributed by atoms with E-state index < -0.39 is 0 Å². The second-order valence-corrected chi connectivity index (χ2v) is 4.39. The van der Waals surface area contributed by atoms with Gasteiger partial charge >= 0.3 is 0 Å². The largest absolute Gasteiger partial charge is 0.184 e. The minimum atomic E-state index is 0. The van der Waals surface area contributed by atoms with Gasteiger partial charge in [0.25, 0.3) is 0 Å². The van der Waals surface area contributed by atoms with Crippen LogP contribution in [0.5, 0.6) is 0 Å². The first-order valence-electron chi connectivity index (χ1n) is 11.0. The van der Waals surface area contributed by atoms with E-state index in [1.54, 1.807) is 0 Å². The molecule has 0 fully saturated rings. The van der Waals surface area contributed by atoms with E-state index in [4.69, 9.17) is 0 Å². The average molecular weight is 702 g/mol. The molecule has 0 aliphatic heterocycles. The Bertz CT molecular complexity index is 342. The zero-order chi connectivity index (χ0) is 24.1. The second-order valence-electron chi connectivity index (χ2n) is 4.39. The van der Waals surface area contributed by atoms with Crippen molar-refractivity contribution in [2.75, 3.05) is 0 Å². The fourth-order valence-corrected chi connectivity index (χ4v) is 1.03. The maximum Gasteiger partial charge on any atom is 0.102 e. The predicted octanol–water partition coefficient (Wildman–Crippen LogP) is 10.4. The van der Waals surface area contributed by atoms with Crippen molar-refractivity contribution in [2.45, 2.75) is 83.7 Å². The van der Waals surface area contributed by atoms with Crippen LogP contribution in [0.1, 0.15) is 56.4 Å². The standard InChI is InChI=1S/3C6H5.2C2H6B.3C2H6.2CH4.3Y/c3*1-2-4-6-5-3-1;2*1-3-2;3*1-2;;;;;/h3*1-5H;2*1-2H3;3*1-2H3;2*1H4;;;/q3*-1;;;;;;;;;;. The van der Waals surface area contributed by atoms with Crippen LogP contribution in [-0.2, 0) is 98.1 Å². The normalized spacial score (nSPS) is 5.43. The molecule has 3 aromatic rings. The van der Waals surface area contributed by atoms with Crippen molar-refractivity contribution in [2.24, 2.45) is 0 Å². The van der Waals surface area contributed by atoms with Gasteiger partial charge in [0.05, 0.1) is 0 Å². The molecule has 0 heterocycles. The van der Waals surface area contributed by atoms with Gasteiger partial charge in [-0.2, -0.15) is 109 Å². The van der Waals surface area contributed by atoms with E-state index in [0.29, 0.717) is 0 Å². The third-order valence-electron chi connectivity index (χ3n) is 1.82. The summed E-state index contributed by atoms with van der Waals surface area (Å²) in [7, 11) is 4.00. The fourth-order valence-electron chi connectivity index (χ4n) is 1.03. The van der Waals surface area contributed by atoms with Crippen LogP contribution in [0.15, 0.2) is 91.0 Å². The molecule has 0 saturated heterocycles. The van der Waals surface area contributed by atoms with E-state index in [2.05, 4.69) is 18.2 Å². The van der Waals surface area contributed by atoms with Crippen LogP contribution in [0.4, 0.5) is 0 Å². The third-order valence-corrected chi connectivity index (χ3v) is 1.82. The Hall–Kier alpha value is 1.10. The van der Waals surface area contributed by atoms with Crippen LogP contribution in [0.2, 0.25) is 27.3 Å². The molecule has 0 aliphatic rings. The molecule has 0 bridgehead atoms. The number of hydrogen-bond acceptors (Lipinski definition) is 0. The Morgan fingerprint density at radius 2 is 0.457 bits per heavy atom. The predicted molar refractivity (Wildman–Crippen MR) is 158 cm³/mol. The first-order valence-corrected chi connectivity index (χ1v) is 11.0. The van der Waals surface area contributed by atoms with Crippen molar-refractivity contribution in [3.63, 3.8) is 0 Å². The summed E-state index contributed by atoms with van der Waals surface area (Å²) in [5.74, 6) is 0. The van der Waals surface area contributed by atoms with Crippen molar-refractivity contribution in [3.8, 4) is 0 Å². The first-order chi connectivity index (χ1) is 14.8. The van der Waals surface area contributed by atoms with E-state index in [0.717, 1.165) is 0 Å². The Balaban J connectivity index is -0.0000000261. The van der Waals surface area contributed by atoms with Gasteiger partial charge < -0.3 is 0 Å². The molecule has 0 aromatic heterocycles. The van der Waals surface area contributed by atoms with Gasteiger partial charge in [0.15, 0.2) is 0 Å². The van der Waals surface area contributed by atoms with Gasteiger partial charge in [-0.1, -0.05) is 83.7 Å². The molecule has 0 aliphatic carbocycles. The quantitative estimate of drug-likeness (QED) is 0.162. The minimum absolute atomic E-state index is 0. The molecular formula is C30H53B2Y3-3. The van der Waals surface area contributed by atoms with Crippen LogP contribution >= 0.6 is 0 Å². The van der Waals surface area contributed by atoms with Crippen molar-refractivity contribution >= 4 is 14.6 Å². The summed E-state index contributed by atoms with van der Waals surface area (Å²) < 4.78 is 0. The SMILES string of the molecule is C.C.CC.CC.CC.C[B]C.C[B]C.[Y].[Y].[Y].[c-]1ccccc1.[c-]1ccccc1.[c-]1ccccc1. The maximum absolute atomic E-state index is 2.89. The molecule has 5 radical (unpaired) electrons. The number of benzene rings is 3. The van der Waals surface area contributed by atoms with Gasteiger partial charge in [-0.3, -0.25) is 0 Å². The zero-order valence-corrected chi connectivity index (χ0v) is 31.6. The number of hydrogen-bond donors (Lipinski definition) is 0. The molecule has 0 nitrogen and oxygen atoms in total. The van der Waals surface area contributed by atoms with Crippen LogP contribution in [0, 0.1) is 18.2 Å². The Morgan fingerprint density at radius 1 is 0.343 bits per heavy atom. The summed E-state index contributed by atoms with van der Waals surface area (Å²) in [5, 5.41) is 0. The molecule has 3 aromatic carbocycles. The Morgan fingerprint density at radius 3 is 0.486 bits per heavy atom. The van der Waals surface area contributed by atoms with Gasteiger partial charge in [-0.15, -0.1) is 0 Å². The first kappa shape index (κ1) is 65.3. The monoisotopic (exact) mass is 702 g/mol. The van der Waals surface area contributed by atoms with Gasteiger partial charge in [-0.25, -0.2) is 0 Å².